The number of ether oxygens (including phenoxy) is 3. The van der Waals surface area contributed by atoms with Gasteiger partial charge in [-0.25, -0.2) is 9.50 Å². The molecular formula is C30H28F5N5O5. The summed E-state index contributed by atoms with van der Waals surface area (Å²) in [7, 11) is 1.47. The molecule has 0 spiro atoms. The largest absolute Gasteiger partial charge is 0.586 e. The number of para-hydroxylation sites is 1. The highest BCUT2D eigenvalue weighted by Gasteiger charge is 2.46. The zero-order valence-electron chi connectivity index (χ0n) is 24.3. The van der Waals surface area contributed by atoms with Crippen molar-refractivity contribution >= 4 is 11.6 Å². The van der Waals surface area contributed by atoms with Crippen LogP contribution in [0.15, 0.2) is 48.7 Å². The Morgan fingerprint density at radius 3 is 2.53 bits per heavy atom. The maximum atomic E-state index is 14.3. The van der Waals surface area contributed by atoms with Crippen molar-refractivity contribution in [3.63, 3.8) is 0 Å². The number of nitrogens with zero attached hydrogens (tertiary/aromatic N) is 5. The van der Waals surface area contributed by atoms with Crippen LogP contribution in [0.3, 0.4) is 0 Å². The second kappa shape index (κ2) is 11.1. The second-order valence-corrected chi connectivity index (χ2v) is 10.8. The van der Waals surface area contributed by atoms with E-state index in [1.54, 1.807) is 37.3 Å². The number of methoxy groups -OCH3 is 1. The minimum Gasteiger partial charge on any atom is -0.497 e. The molecule has 4 aromatic rings. The van der Waals surface area contributed by atoms with E-state index in [0.717, 1.165) is 6.20 Å². The normalized spacial score (nSPS) is 18.8. The number of piperazine rings is 1. The van der Waals surface area contributed by atoms with Crippen LogP contribution in [0.5, 0.6) is 17.2 Å². The Morgan fingerprint density at radius 2 is 1.89 bits per heavy atom. The second-order valence-electron chi connectivity index (χ2n) is 10.8. The number of carbonyl (C=O) groups excluding carboxylic acids is 1. The van der Waals surface area contributed by atoms with E-state index in [9.17, 15) is 31.9 Å². The van der Waals surface area contributed by atoms with Crippen molar-refractivity contribution in [3.8, 4) is 28.5 Å². The third-order valence-corrected chi connectivity index (χ3v) is 8.10. The van der Waals surface area contributed by atoms with Gasteiger partial charge in [0.25, 0.3) is 5.91 Å². The third kappa shape index (κ3) is 5.39. The number of amides is 1. The summed E-state index contributed by atoms with van der Waals surface area (Å²) >= 11 is 0. The van der Waals surface area contributed by atoms with Gasteiger partial charge in [0.15, 0.2) is 22.8 Å². The summed E-state index contributed by atoms with van der Waals surface area (Å²) in [6, 6.07) is 9.54. The standard InChI is InChI=1S/C30H28F5N5O5/c1-16-14-38(22(15-41)20-5-4-6-23-25(20)45-30(34,35)44-23)11-12-39(16)28(42)21-13-36-40-26(29(31,32)33)17(2)24(37-27(21)40)18-7-9-19(43-3)10-8-18/h4-10,13,16,22,41H,11-12,14-15H2,1-3H3/t16-,22+/m1/s1. The highest BCUT2D eigenvalue weighted by Crippen LogP contribution is 2.46. The van der Waals surface area contributed by atoms with Gasteiger partial charge in [-0.15, -0.1) is 8.78 Å². The van der Waals surface area contributed by atoms with Crippen molar-refractivity contribution in [3.05, 3.63) is 71.0 Å². The number of hydrogen-bond acceptors (Lipinski definition) is 8. The molecule has 1 N–H and O–H groups in total. The van der Waals surface area contributed by atoms with Crippen molar-refractivity contribution in [1.82, 2.24) is 24.4 Å². The molecule has 238 valence electrons. The number of aromatic nitrogens is 3. The van der Waals surface area contributed by atoms with E-state index in [1.807, 2.05) is 4.90 Å². The van der Waals surface area contributed by atoms with Crippen LogP contribution in [0, 0.1) is 6.92 Å². The fourth-order valence-corrected chi connectivity index (χ4v) is 5.98. The van der Waals surface area contributed by atoms with Crippen molar-refractivity contribution in [2.24, 2.45) is 0 Å². The molecule has 0 bridgehead atoms. The number of halogens is 5. The highest BCUT2D eigenvalue weighted by atomic mass is 19.4. The molecule has 1 saturated heterocycles. The van der Waals surface area contributed by atoms with Gasteiger partial charge >= 0.3 is 12.5 Å². The maximum Gasteiger partial charge on any atom is 0.586 e. The predicted molar refractivity (Wildman–Crippen MR) is 149 cm³/mol. The van der Waals surface area contributed by atoms with E-state index >= 15 is 0 Å². The zero-order valence-corrected chi connectivity index (χ0v) is 24.3. The molecule has 1 amide bonds. The summed E-state index contributed by atoms with van der Waals surface area (Å²) in [5.41, 5.74) is -0.813. The van der Waals surface area contributed by atoms with E-state index in [1.165, 1.54) is 31.1 Å². The SMILES string of the molecule is COc1ccc(-c2nc3c(C(=O)N4CCN([C@@H](CO)c5cccc6c5OC(F)(F)O6)C[C@H]4C)cnn3c(C(F)(F)F)c2C)cc1. The average molecular weight is 634 g/mol. The van der Waals surface area contributed by atoms with Crippen LogP contribution in [0.25, 0.3) is 16.9 Å². The van der Waals surface area contributed by atoms with Crippen LogP contribution in [0.4, 0.5) is 22.0 Å². The average Bonchev–Trinajstić information content (AvgIpc) is 3.55. The molecule has 0 radical (unpaired) electrons. The Labute approximate surface area is 253 Å². The Bertz CT molecular complexity index is 1760. The smallest absolute Gasteiger partial charge is 0.497 e. The minimum absolute atomic E-state index is 0.0443. The fourth-order valence-electron chi connectivity index (χ4n) is 5.98. The van der Waals surface area contributed by atoms with E-state index < -0.39 is 42.8 Å². The first-order chi connectivity index (χ1) is 21.3. The van der Waals surface area contributed by atoms with Crippen LogP contribution < -0.4 is 14.2 Å². The van der Waals surface area contributed by atoms with Gasteiger partial charge < -0.3 is 24.2 Å². The minimum atomic E-state index is -4.80. The van der Waals surface area contributed by atoms with Gasteiger partial charge in [-0.3, -0.25) is 9.69 Å². The summed E-state index contributed by atoms with van der Waals surface area (Å²) in [6.45, 7) is 3.18. The lowest BCUT2D eigenvalue weighted by molar-refractivity contribution is -0.287. The summed E-state index contributed by atoms with van der Waals surface area (Å²) < 4.78 is 85.7. The number of carbonyl (C=O) groups is 1. The lowest BCUT2D eigenvalue weighted by Crippen LogP contribution is -2.55. The van der Waals surface area contributed by atoms with Gasteiger partial charge in [-0.05, 0) is 44.2 Å². The number of fused-ring (bicyclic) bond motifs is 2. The van der Waals surface area contributed by atoms with Crippen molar-refractivity contribution in [1.29, 1.82) is 0 Å². The molecule has 0 aliphatic carbocycles. The highest BCUT2D eigenvalue weighted by molar-refractivity contribution is 6.00. The molecule has 2 aromatic carbocycles. The number of hydrogen-bond donors (Lipinski definition) is 1. The molecule has 2 aromatic heterocycles. The van der Waals surface area contributed by atoms with Crippen LogP contribution >= 0.6 is 0 Å². The molecule has 15 heteroatoms. The quantitative estimate of drug-likeness (QED) is 0.299. The number of benzene rings is 2. The molecule has 2 aliphatic heterocycles. The number of rotatable bonds is 6. The van der Waals surface area contributed by atoms with Gasteiger partial charge in [0, 0.05) is 42.4 Å². The lowest BCUT2D eigenvalue weighted by atomic mass is 10.0. The van der Waals surface area contributed by atoms with E-state index in [-0.39, 0.29) is 53.6 Å². The third-order valence-electron chi connectivity index (χ3n) is 8.10. The molecule has 10 nitrogen and oxygen atoms in total. The first-order valence-corrected chi connectivity index (χ1v) is 14.0. The van der Waals surface area contributed by atoms with Crippen LogP contribution in [0.2, 0.25) is 0 Å². The number of aliphatic hydroxyl groups is 1. The Morgan fingerprint density at radius 1 is 1.16 bits per heavy atom. The molecule has 1 fully saturated rings. The molecule has 45 heavy (non-hydrogen) atoms. The number of alkyl halides is 5. The maximum absolute atomic E-state index is 14.3. The Kier molecular flexibility index (Phi) is 7.56. The van der Waals surface area contributed by atoms with Gasteiger partial charge in [-0.2, -0.15) is 18.3 Å². The molecule has 2 atom stereocenters. The van der Waals surface area contributed by atoms with E-state index in [4.69, 9.17) is 9.47 Å². The van der Waals surface area contributed by atoms with Gasteiger partial charge in [0.1, 0.15) is 11.3 Å². The lowest BCUT2D eigenvalue weighted by Gasteiger charge is -2.43. The van der Waals surface area contributed by atoms with Crippen molar-refractivity contribution in [2.75, 3.05) is 33.4 Å². The summed E-state index contributed by atoms with van der Waals surface area (Å²) in [4.78, 5) is 21.7. The van der Waals surface area contributed by atoms with Crippen molar-refractivity contribution in [2.45, 2.75) is 38.4 Å². The molecule has 2 aliphatic rings. The van der Waals surface area contributed by atoms with Crippen LogP contribution in [-0.2, 0) is 6.18 Å². The molecule has 0 saturated carbocycles. The summed E-state index contributed by atoms with van der Waals surface area (Å²) in [5, 5.41) is 14.2. The van der Waals surface area contributed by atoms with Crippen LogP contribution in [-0.4, -0.2) is 81.1 Å². The Hall–Kier alpha value is -4.50. The predicted octanol–water partition coefficient (Wildman–Crippen LogP) is 4.93. The molecule has 4 heterocycles. The monoisotopic (exact) mass is 633 g/mol. The summed E-state index contributed by atoms with van der Waals surface area (Å²) in [5.74, 6) is -0.380. The topological polar surface area (TPSA) is 102 Å². The molecule has 0 unspecified atom stereocenters. The van der Waals surface area contributed by atoms with E-state index in [0.29, 0.717) is 21.4 Å². The van der Waals surface area contributed by atoms with Gasteiger partial charge in [0.2, 0.25) is 0 Å². The van der Waals surface area contributed by atoms with Gasteiger partial charge in [0.05, 0.1) is 31.6 Å². The van der Waals surface area contributed by atoms with Crippen molar-refractivity contribution < 1.29 is 46.1 Å². The summed E-state index contributed by atoms with van der Waals surface area (Å²) in [6.07, 6.45) is -7.55. The molecule has 6 rings (SSSR count). The Balaban J connectivity index is 1.31. The zero-order chi connectivity index (χ0) is 32.3. The first-order valence-electron chi connectivity index (χ1n) is 14.0. The van der Waals surface area contributed by atoms with Crippen LogP contribution in [0.1, 0.15) is 40.1 Å². The molecular weight excluding hydrogens is 605 g/mol. The van der Waals surface area contributed by atoms with Gasteiger partial charge in [-0.1, -0.05) is 12.1 Å². The fraction of sp³-hybridized carbons (Fsp3) is 0.367. The first kappa shape index (κ1) is 30.5. The number of aliphatic hydroxyl groups excluding tert-OH is 1. The van der Waals surface area contributed by atoms with E-state index in [2.05, 4.69) is 14.8 Å².